The molecule has 0 atom stereocenters. The van der Waals surface area contributed by atoms with Crippen molar-refractivity contribution >= 4 is 21.9 Å². The molecule has 1 aromatic heterocycles. The maximum Gasteiger partial charge on any atom is 0.222 e. The number of hydrogen-bond acceptors (Lipinski definition) is 3. The lowest BCUT2D eigenvalue weighted by atomic mass is 10.1. The van der Waals surface area contributed by atoms with Gasteiger partial charge in [0, 0.05) is 23.3 Å². The maximum absolute atomic E-state index is 4.36. The van der Waals surface area contributed by atoms with Crippen LogP contribution in [0.25, 0.3) is 11.3 Å². The first-order valence-electron chi connectivity index (χ1n) is 4.56. The van der Waals surface area contributed by atoms with E-state index >= 15 is 0 Å². The predicted octanol–water partition coefficient (Wildman–Crippen LogP) is 2.95. The minimum Gasteiger partial charge on any atom is -0.357 e. The van der Waals surface area contributed by atoms with Crippen LogP contribution in [-0.2, 0) is 0 Å². The Morgan fingerprint density at radius 3 is 2.87 bits per heavy atom. The van der Waals surface area contributed by atoms with E-state index in [1.165, 1.54) is 0 Å². The fraction of sp³-hybridized carbons (Fsp3) is 0.0909. The lowest BCUT2D eigenvalue weighted by molar-refractivity contribution is 1.15. The van der Waals surface area contributed by atoms with Crippen molar-refractivity contribution in [2.24, 2.45) is 0 Å². The second-order valence-electron chi connectivity index (χ2n) is 3.03. The van der Waals surface area contributed by atoms with Crippen molar-refractivity contribution in [3.8, 4) is 11.3 Å². The third-order valence-corrected chi connectivity index (χ3v) is 2.49. The van der Waals surface area contributed by atoms with Gasteiger partial charge >= 0.3 is 0 Å². The molecule has 0 fully saturated rings. The fourth-order valence-electron chi connectivity index (χ4n) is 1.29. The Kier molecular flexibility index (Phi) is 2.97. The van der Waals surface area contributed by atoms with Gasteiger partial charge < -0.3 is 5.32 Å². The molecule has 1 heterocycles. The molecule has 0 aliphatic heterocycles. The van der Waals surface area contributed by atoms with Gasteiger partial charge in [0.05, 0.1) is 5.69 Å². The van der Waals surface area contributed by atoms with Gasteiger partial charge in [0.1, 0.15) is 0 Å². The molecule has 0 unspecified atom stereocenters. The number of nitrogens with one attached hydrogen (secondary N) is 1. The summed E-state index contributed by atoms with van der Waals surface area (Å²) in [5.74, 6) is 0.632. The Morgan fingerprint density at radius 2 is 2.13 bits per heavy atom. The van der Waals surface area contributed by atoms with Crippen LogP contribution < -0.4 is 5.32 Å². The predicted molar refractivity (Wildman–Crippen MR) is 64.7 cm³/mol. The number of aromatic nitrogens is 2. The van der Waals surface area contributed by atoms with Crippen LogP contribution in [0, 0.1) is 0 Å². The Labute approximate surface area is 96.7 Å². The lowest BCUT2D eigenvalue weighted by Crippen LogP contribution is -1.96. The van der Waals surface area contributed by atoms with Crippen molar-refractivity contribution in [2.75, 3.05) is 12.4 Å². The van der Waals surface area contributed by atoms with Crippen LogP contribution in [0.15, 0.2) is 41.0 Å². The smallest absolute Gasteiger partial charge is 0.222 e. The van der Waals surface area contributed by atoms with E-state index in [9.17, 15) is 0 Å². The van der Waals surface area contributed by atoms with Crippen molar-refractivity contribution in [2.45, 2.75) is 0 Å². The van der Waals surface area contributed by atoms with Crippen LogP contribution in [0.1, 0.15) is 0 Å². The van der Waals surface area contributed by atoms with E-state index in [4.69, 9.17) is 0 Å². The molecular formula is C11H10BrN3. The zero-order valence-corrected chi connectivity index (χ0v) is 9.82. The van der Waals surface area contributed by atoms with Gasteiger partial charge in [0.2, 0.25) is 5.95 Å². The van der Waals surface area contributed by atoms with E-state index in [1.54, 1.807) is 13.2 Å². The molecular weight excluding hydrogens is 254 g/mol. The largest absolute Gasteiger partial charge is 0.357 e. The third-order valence-electron chi connectivity index (χ3n) is 2.00. The molecule has 2 aromatic rings. The molecule has 0 aliphatic rings. The molecule has 3 nitrogen and oxygen atoms in total. The summed E-state index contributed by atoms with van der Waals surface area (Å²) in [6, 6.07) is 9.92. The van der Waals surface area contributed by atoms with Gasteiger partial charge in [0.25, 0.3) is 0 Å². The van der Waals surface area contributed by atoms with Gasteiger partial charge in [-0.25, -0.2) is 9.97 Å². The highest BCUT2D eigenvalue weighted by Gasteiger charge is 2.00. The van der Waals surface area contributed by atoms with Crippen molar-refractivity contribution < 1.29 is 0 Å². The summed E-state index contributed by atoms with van der Waals surface area (Å²) in [7, 11) is 1.81. The molecule has 2 rings (SSSR count). The Morgan fingerprint density at radius 1 is 1.27 bits per heavy atom. The maximum atomic E-state index is 4.36. The van der Waals surface area contributed by atoms with Gasteiger partial charge in [0.15, 0.2) is 0 Å². The molecule has 4 heteroatoms. The average Bonchev–Trinajstić information content (AvgIpc) is 2.29. The van der Waals surface area contributed by atoms with E-state index in [1.807, 2.05) is 30.3 Å². The number of nitrogens with zero attached hydrogens (tertiary/aromatic N) is 2. The average molecular weight is 264 g/mol. The van der Waals surface area contributed by atoms with Crippen molar-refractivity contribution in [3.63, 3.8) is 0 Å². The SMILES string of the molecule is CNc1nccc(-c2cccc(Br)c2)n1. The first kappa shape index (κ1) is 10.1. The number of anilines is 1. The first-order valence-corrected chi connectivity index (χ1v) is 5.35. The normalized spacial score (nSPS) is 10.0. The number of rotatable bonds is 2. The number of hydrogen-bond donors (Lipinski definition) is 1. The van der Waals surface area contributed by atoms with Gasteiger partial charge in [-0.3, -0.25) is 0 Å². The van der Waals surface area contributed by atoms with Gasteiger partial charge in [-0.2, -0.15) is 0 Å². The standard InChI is InChI=1S/C11H10BrN3/c1-13-11-14-6-5-10(15-11)8-3-2-4-9(12)7-8/h2-7H,1H3,(H,13,14,15). The minimum atomic E-state index is 0.632. The highest BCUT2D eigenvalue weighted by molar-refractivity contribution is 9.10. The van der Waals surface area contributed by atoms with Crippen molar-refractivity contribution in [3.05, 3.63) is 41.0 Å². The zero-order valence-electron chi connectivity index (χ0n) is 8.24. The van der Waals surface area contributed by atoms with Crippen LogP contribution in [-0.4, -0.2) is 17.0 Å². The monoisotopic (exact) mass is 263 g/mol. The summed E-state index contributed by atoms with van der Waals surface area (Å²) in [6.45, 7) is 0. The number of halogens is 1. The molecule has 0 spiro atoms. The molecule has 1 N–H and O–H groups in total. The van der Waals surface area contributed by atoms with Crippen LogP contribution in [0.4, 0.5) is 5.95 Å². The zero-order chi connectivity index (χ0) is 10.7. The van der Waals surface area contributed by atoms with E-state index in [0.717, 1.165) is 15.7 Å². The summed E-state index contributed by atoms with van der Waals surface area (Å²) in [6.07, 6.45) is 1.75. The summed E-state index contributed by atoms with van der Waals surface area (Å²) < 4.78 is 1.05. The molecule has 1 aromatic carbocycles. The van der Waals surface area contributed by atoms with Crippen LogP contribution >= 0.6 is 15.9 Å². The molecule has 0 radical (unpaired) electrons. The second kappa shape index (κ2) is 4.40. The quantitative estimate of drug-likeness (QED) is 0.906. The Bertz CT molecular complexity index is 471. The van der Waals surface area contributed by atoms with Gasteiger partial charge in [-0.15, -0.1) is 0 Å². The second-order valence-corrected chi connectivity index (χ2v) is 3.94. The lowest BCUT2D eigenvalue weighted by Gasteiger charge is -2.03. The molecule has 15 heavy (non-hydrogen) atoms. The molecule has 0 bridgehead atoms. The van der Waals surface area contributed by atoms with Gasteiger partial charge in [-0.05, 0) is 18.2 Å². The minimum absolute atomic E-state index is 0.632. The van der Waals surface area contributed by atoms with Crippen LogP contribution in [0.5, 0.6) is 0 Å². The molecule has 0 saturated heterocycles. The van der Waals surface area contributed by atoms with Crippen LogP contribution in [0.2, 0.25) is 0 Å². The van der Waals surface area contributed by atoms with Gasteiger partial charge in [-0.1, -0.05) is 28.1 Å². The third kappa shape index (κ3) is 2.33. The van der Waals surface area contributed by atoms with E-state index < -0.39 is 0 Å². The molecule has 0 saturated carbocycles. The Balaban J connectivity index is 2.44. The summed E-state index contributed by atoms with van der Waals surface area (Å²) in [4.78, 5) is 8.43. The molecule has 76 valence electrons. The molecule has 0 aliphatic carbocycles. The molecule has 0 amide bonds. The summed E-state index contributed by atoms with van der Waals surface area (Å²) in [5, 5.41) is 2.92. The van der Waals surface area contributed by atoms with E-state index in [0.29, 0.717) is 5.95 Å². The number of benzene rings is 1. The van der Waals surface area contributed by atoms with E-state index in [-0.39, 0.29) is 0 Å². The topological polar surface area (TPSA) is 37.8 Å². The first-order chi connectivity index (χ1) is 7.29. The van der Waals surface area contributed by atoms with Crippen molar-refractivity contribution in [1.29, 1.82) is 0 Å². The Hall–Kier alpha value is -1.42. The highest BCUT2D eigenvalue weighted by Crippen LogP contribution is 2.21. The summed E-state index contributed by atoms with van der Waals surface area (Å²) in [5.41, 5.74) is 1.99. The fourth-order valence-corrected chi connectivity index (χ4v) is 1.69. The summed E-state index contributed by atoms with van der Waals surface area (Å²) >= 11 is 3.44. The van der Waals surface area contributed by atoms with Crippen molar-refractivity contribution in [1.82, 2.24) is 9.97 Å². The highest BCUT2D eigenvalue weighted by atomic mass is 79.9. The van der Waals surface area contributed by atoms with E-state index in [2.05, 4.69) is 31.2 Å². The van der Waals surface area contributed by atoms with Crippen LogP contribution in [0.3, 0.4) is 0 Å².